The second-order valence-corrected chi connectivity index (χ2v) is 8.94. The minimum absolute atomic E-state index is 0.0585. The zero-order chi connectivity index (χ0) is 24.2. The van der Waals surface area contributed by atoms with Crippen LogP contribution in [0.2, 0.25) is 5.02 Å². The number of rotatable bonds is 10. The summed E-state index contributed by atoms with van der Waals surface area (Å²) in [6.07, 6.45) is 14.8. The van der Waals surface area contributed by atoms with Crippen molar-refractivity contribution in [1.82, 2.24) is 10.3 Å². The number of aliphatic imine (C=N–C) groups is 2. The fourth-order valence-electron chi connectivity index (χ4n) is 3.47. The van der Waals surface area contributed by atoms with E-state index >= 15 is 0 Å². The number of benzene rings is 1. The van der Waals surface area contributed by atoms with Gasteiger partial charge in [-0.3, -0.25) is 4.99 Å². The highest BCUT2D eigenvalue weighted by Gasteiger charge is 2.12. The van der Waals surface area contributed by atoms with Crippen LogP contribution in [-0.2, 0) is 0 Å². The molecule has 3 rings (SSSR count). The summed E-state index contributed by atoms with van der Waals surface area (Å²) in [6.45, 7) is 0. The Balaban J connectivity index is 1.69. The molecule has 0 spiro atoms. The van der Waals surface area contributed by atoms with E-state index in [9.17, 15) is 4.39 Å². The van der Waals surface area contributed by atoms with Gasteiger partial charge in [-0.15, -0.1) is 0 Å². The predicted octanol–water partition coefficient (Wildman–Crippen LogP) is 6.55. The van der Waals surface area contributed by atoms with Crippen molar-refractivity contribution in [2.75, 3.05) is 18.9 Å². The van der Waals surface area contributed by atoms with E-state index in [0.717, 1.165) is 10.5 Å². The van der Waals surface area contributed by atoms with Gasteiger partial charge in [0.2, 0.25) is 5.88 Å². The molecule has 2 N–H and O–H groups in total. The SMILES string of the molecule is C\N=C/C(=C\N=C\NC1CCCCC1)/C=C/c1cc(F)c(NSc2ccccc2Cl)nc1OC. The zero-order valence-electron chi connectivity index (χ0n) is 19.3. The summed E-state index contributed by atoms with van der Waals surface area (Å²) in [7, 11) is 3.18. The molecule has 180 valence electrons. The van der Waals surface area contributed by atoms with Gasteiger partial charge in [0.15, 0.2) is 11.6 Å². The van der Waals surface area contributed by atoms with E-state index in [1.54, 1.807) is 44.0 Å². The van der Waals surface area contributed by atoms with Gasteiger partial charge in [-0.2, -0.15) is 4.98 Å². The molecule has 1 aliphatic rings. The van der Waals surface area contributed by atoms with E-state index < -0.39 is 5.82 Å². The number of nitrogens with zero attached hydrogens (tertiary/aromatic N) is 3. The molecule has 1 saturated carbocycles. The molecule has 6 nitrogen and oxygen atoms in total. The molecule has 1 aliphatic carbocycles. The molecule has 0 bridgehead atoms. The topological polar surface area (TPSA) is 70.9 Å². The van der Waals surface area contributed by atoms with E-state index in [2.05, 4.69) is 25.0 Å². The normalized spacial score (nSPS) is 15.5. The maximum atomic E-state index is 14.7. The lowest BCUT2D eigenvalue weighted by Crippen LogP contribution is -2.29. The summed E-state index contributed by atoms with van der Waals surface area (Å²) in [6, 6.07) is 9.15. The predicted molar refractivity (Wildman–Crippen MR) is 142 cm³/mol. The van der Waals surface area contributed by atoms with E-state index in [4.69, 9.17) is 16.3 Å². The highest BCUT2D eigenvalue weighted by atomic mass is 35.5. The van der Waals surface area contributed by atoms with Crippen molar-refractivity contribution in [3.63, 3.8) is 0 Å². The first kappa shape index (κ1) is 25.8. The van der Waals surface area contributed by atoms with Gasteiger partial charge in [0.05, 0.1) is 18.5 Å². The second kappa shape index (κ2) is 13.8. The van der Waals surface area contributed by atoms with Gasteiger partial charge in [0, 0.05) is 41.5 Å². The summed E-state index contributed by atoms with van der Waals surface area (Å²) in [5.74, 6) is -0.164. The van der Waals surface area contributed by atoms with E-state index in [1.165, 1.54) is 57.2 Å². The molecule has 1 aromatic heterocycles. The molecule has 0 saturated heterocycles. The Morgan fingerprint density at radius 3 is 2.79 bits per heavy atom. The third-order valence-electron chi connectivity index (χ3n) is 5.20. The largest absolute Gasteiger partial charge is 0.481 e. The number of hydrogen-bond donors (Lipinski definition) is 2. The fourth-order valence-corrected chi connectivity index (χ4v) is 4.38. The molecule has 1 aromatic carbocycles. The quantitative estimate of drug-likeness (QED) is 0.167. The van der Waals surface area contributed by atoms with Crippen LogP contribution in [0.4, 0.5) is 10.2 Å². The lowest BCUT2D eigenvalue weighted by molar-refractivity contribution is 0.396. The van der Waals surface area contributed by atoms with Crippen LogP contribution in [0.1, 0.15) is 37.7 Å². The lowest BCUT2D eigenvalue weighted by atomic mass is 9.96. The number of hydrogen-bond acceptors (Lipinski definition) is 6. The summed E-state index contributed by atoms with van der Waals surface area (Å²) in [5, 5.41) is 3.92. The molecular weight excluding hydrogens is 473 g/mol. The number of allylic oxidation sites excluding steroid dienone is 2. The third-order valence-corrected chi connectivity index (χ3v) is 6.52. The Kier molecular flexibility index (Phi) is 10.4. The first-order valence-corrected chi connectivity index (χ1v) is 12.3. The molecule has 0 atom stereocenters. The van der Waals surface area contributed by atoms with Gasteiger partial charge in [-0.25, -0.2) is 9.38 Å². The molecule has 0 amide bonds. The third kappa shape index (κ3) is 7.88. The van der Waals surface area contributed by atoms with Gasteiger partial charge in [0.25, 0.3) is 0 Å². The van der Waals surface area contributed by atoms with Crippen LogP contribution in [0.25, 0.3) is 6.08 Å². The summed E-state index contributed by atoms with van der Waals surface area (Å²) < 4.78 is 23.0. The number of methoxy groups -OCH3 is 1. The van der Waals surface area contributed by atoms with Crippen LogP contribution in [0, 0.1) is 5.82 Å². The van der Waals surface area contributed by atoms with Gasteiger partial charge in [-0.05, 0) is 49.1 Å². The van der Waals surface area contributed by atoms with Crippen LogP contribution in [0.5, 0.6) is 5.88 Å². The number of anilines is 1. The van der Waals surface area contributed by atoms with Crippen LogP contribution in [-0.4, -0.2) is 37.7 Å². The van der Waals surface area contributed by atoms with Crippen molar-refractivity contribution in [2.45, 2.75) is 43.0 Å². The first-order valence-electron chi connectivity index (χ1n) is 11.1. The van der Waals surface area contributed by atoms with Crippen molar-refractivity contribution in [3.8, 4) is 5.88 Å². The Bertz CT molecular complexity index is 1070. The summed E-state index contributed by atoms with van der Waals surface area (Å²) in [4.78, 5) is 13.4. The van der Waals surface area contributed by atoms with Crippen molar-refractivity contribution >= 4 is 48.0 Å². The lowest BCUT2D eigenvalue weighted by Gasteiger charge is -2.20. The molecule has 9 heteroatoms. The molecule has 0 aliphatic heterocycles. The van der Waals surface area contributed by atoms with Crippen molar-refractivity contribution < 1.29 is 9.13 Å². The Morgan fingerprint density at radius 1 is 1.26 bits per heavy atom. The fraction of sp³-hybridized carbons (Fsp3) is 0.320. The number of nitrogens with one attached hydrogen (secondary N) is 2. The molecule has 1 heterocycles. The molecule has 0 unspecified atom stereocenters. The van der Waals surface area contributed by atoms with Crippen LogP contribution in [0.3, 0.4) is 0 Å². The standard InChI is InChI=1S/C25H29ClFN5OS/c1-28-15-18(16-29-17-30-20-8-4-3-5-9-20)12-13-19-14-22(27)24(31-25(19)33-2)32-34-23-11-7-6-10-21(23)26/h6-7,10-17,20H,3-5,8-9H2,1-2H3,(H,29,30)(H,31,32)/b13-12+,18-16-,28-15-. The van der Waals surface area contributed by atoms with Gasteiger partial charge < -0.3 is 14.8 Å². The van der Waals surface area contributed by atoms with Crippen molar-refractivity contribution in [3.05, 3.63) is 64.6 Å². The number of pyridine rings is 1. The van der Waals surface area contributed by atoms with Crippen LogP contribution < -0.4 is 14.8 Å². The summed E-state index contributed by atoms with van der Waals surface area (Å²) in [5.41, 5.74) is 1.25. The Morgan fingerprint density at radius 2 is 2.06 bits per heavy atom. The minimum Gasteiger partial charge on any atom is -0.481 e. The first-order chi connectivity index (χ1) is 16.6. The molecule has 1 fully saturated rings. The highest BCUT2D eigenvalue weighted by molar-refractivity contribution is 8.00. The zero-order valence-corrected chi connectivity index (χ0v) is 20.9. The second-order valence-electron chi connectivity index (χ2n) is 7.68. The highest BCUT2D eigenvalue weighted by Crippen LogP contribution is 2.30. The summed E-state index contributed by atoms with van der Waals surface area (Å²) >= 11 is 7.34. The Labute approximate surface area is 209 Å². The number of halogens is 2. The maximum absolute atomic E-state index is 14.7. The van der Waals surface area contributed by atoms with Crippen molar-refractivity contribution in [2.24, 2.45) is 9.98 Å². The number of aromatic nitrogens is 1. The van der Waals surface area contributed by atoms with E-state index in [1.807, 2.05) is 18.2 Å². The van der Waals surface area contributed by atoms with Crippen LogP contribution >= 0.6 is 23.5 Å². The minimum atomic E-state index is -0.510. The van der Waals surface area contributed by atoms with E-state index in [-0.39, 0.29) is 11.7 Å². The molecule has 34 heavy (non-hydrogen) atoms. The molecule has 2 aromatic rings. The van der Waals surface area contributed by atoms with Gasteiger partial charge in [0.1, 0.15) is 0 Å². The monoisotopic (exact) mass is 501 g/mol. The average Bonchev–Trinajstić information content (AvgIpc) is 2.86. The van der Waals surface area contributed by atoms with Gasteiger partial charge in [-0.1, -0.05) is 49.1 Å². The maximum Gasteiger partial charge on any atom is 0.222 e. The van der Waals surface area contributed by atoms with Crippen molar-refractivity contribution in [1.29, 1.82) is 0 Å². The Hall–Kier alpha value is -2.84. The molecular formula is C25H29ClFN5OS. The average molecular weight is 502 g/mol. The van der Waals surface area contributed by atoms with Gasteiger partial charge >= 0.3 is 0 Å². The van der Waals surface area contributed by atoms with Crippen LogP contribution in [0.15, 0.2) is 63.1 Å². The smallest absolute Gasteiger partial charge is 0.222 e. The van der Waals surface area contributed by atoms with E-state index in [0.29, 0.717) is 16.6 Å². The molecule has 0 radical (unpaired) electrons. The number of ether oxygens (including phenoxy) is 1.